The number of halogens is 1. The molecule has 1 aliphatic carbocycles. The van der Waals surface area contributed by atoms with Gasteiger partial charge >= 0.3 is 5.97 Å². The van der Waals surface area contributed by atoms with Gasteiger partial charge in [0, 0.05) is 19.0 Å². The van der Waals surface area contributed by atoms with Crippen LogP contribution in [0, 0.1) is 5.82 Å². The van der Waals surface area contributed by atoms with Crippen molar-refractivity contribution >= 4 is 17.6 Å². The van der Waals surface area contributed by atoms with Gasteiger partial charge in [-0.25, -0.2) is 4.39 Å². The lowest BCUT2D eigenvalue weighted by Gasteiger charge is -2.25. The fourth-order valence-electron chi connectivity index (χ4n) is 2.25. The van der Waals surface area contributed by atoms with E-state index in [1.54, 1.807) is 19.1 Å². The van der Waals surface area contributed by atoms with Gasteiger partial charge in [-0.15, -0.1) is 0 Å². The number of carbonyl (C=O) groups excluding carboxylic acids is 1. The Morgan fingerprint density at radius 3 is 2.67 bits per heavy atom. The highest BCUT2D eigenvalue weighted by atomic mass is 19.1. The molecule has 0 radical (unpaired) electrons. The number of nitrogens with one attached hydrogen (secondary N) is 1. The Kier molecular flexibility index (Phi) is 4.90. The van der Waals surface area contributed by atoms with Crippen molar-refractivity contribution in [1.82, 2.24) is 4.90 Å². The van der Waals surface area contributed by atoms with Crippen LogP contribution in [0.25, 0.3) is 0 Å². The number of aliphatic carboxylic acids is 1. The summed E-state index contributed by atoms with van der Waals surface area (Å²) in [6, 6.07) is 5.59. The average Bonchev–Trinajstić information content (AvgIpc) is 3.26. The fourth-order valence-corrected chi connectivity index (χ4v) is 2.25. The molecule has 1 atom stereocenters. The molecule has 5 nitrogen and oxygen atoms in total. The minimum atomic E-state index is -0.892. The maximum absolute atomic E-state index is 13.4. The molecule has 1 saturated carbocycles. The SMILES string of the molecule is CC(C(=O)O)N(CCC(=O)Nc1ccccc1F)C1CC1. The van der Waals surface area contributed by atoms with Gasteiger partial charge in [-0.05, 0) is 31.9 Å². The van der Waals surface area contributed by atoms with E-state index in [0.717, 1.165) is 12.8 Å². The molecule has 0 spiro atoms. The van der Waals surface area contributed by atoms with Crippen LogP contribution in [0.1, 0.15) is 26.2 Å². The maximum atomic E-state index is 13.4. The monoisotopic (exact) mass is 294 g/mol. The molecule has 21 heavy (non-hydrogen) atoms. The third kappa shape index (κ3) is 4.26. The van der Waals surface area contributed by atoms with E-state index in [-0.39, 0.29) is 24.1 Å². The first-order valence-corrected chi connectivity index (χ1v) is 7.02. The highest BCUT2D eigenvalue weighted by Crippen LogP contribution is 2.28. The Hall–Kier alpha value is -1.95. The van der Waals surface area contributed by atoms with Gasteiger partial charge in [0.1, 0.15) is 11.9 Å². The molecule has 0 aliphatic heterocycles. The Morgan fingerprint density at radius 2 is 2.10 bits per heavy atom. The summed E-state index contributed by atoms with van der Waals surface area (Å²) in [7, 11) is 0. The molecular formula is C15H19FN2O3. The van der Waals surface area contributed by atoms with Crippen molar-refractivity contribution in [2.45, 2.75) is 38.3 Å². The van der Waals surface area contributed by atoms with Gasteiger partial charge in [-0.3, -0.25) is 14.5 Å². The molecule has 2 N–H and O–H groups in total. The van der Waals surface area contributed by atoms with Crippen LogP contribution in [-0.2, 0) is 9.59 Å². The van der Waals surface area contributed by atoms with Gasteiger partial charge in [-0.1, -0.05) is 12.1 Å². The third-order valence-electron chi connectivity index (χ3n) is 3.62. The van der Waals surface area contributed by atoms with Crippen LogP contribution >= 0.6 is 0 Å². The van der Waals surface area contributed by atoms with Crippen LogP contribution < -0.4 is 5.32 Å². The zero-order valence-electron chi connectivity index (χ0n) is 11.9. The molecule has 114 valence electrons. The molecule has 1 amide bonds. The number of carboxylic acids is 1. The first-order valence-electron chi connectivity index (χ1n) is 7.02. The molecule has 1 aromatic carbocycles. The largest absolute Gasteiger partial charge is 0.480 e. The van der Waals surface area contributed by atoms with E-state index in [1.165, 1.54) is 12.1 Å². The van der Waals surface area contributed by atoms with Crippen LogP contribution in [0.3, 0.4) is 0 Å². The second-order valence-corrected chi connectivity index (χ2v) is 5.26. The molecule has 1 fully saturated rings. The number of rotatable bonds is 7. The minimum Gasteiger partial charge on any atom is -0.480 e. The van der Waals surface area contributed by atoms with Crippen molar-refractivity contribution < 1.29 is 19.1 Å². The highest BCUT2D eigenvalue weighted by molar-refractivity contribution is 5.90. The highest BCUT2D eigenvalue weighted by Gasteiger charge is 2.34. The summed E-state index contributed by atoms with van der Waals surface area (Å²) >= 11 is 0. The van der Waals surface area contributed by atoms with Crippen LogP contribution in [0.4, 0.5) is 10.1 Å². The van der Waals surface area contributed by atoms with Gasteiger partial charge in [0.05, 0.1) is 5.69 Å². The molecule has 1 aliphatic rings. The summed E-state index contributed by atoms with van der Waals surface area (Å²) in [6.45, 7) is 1.98. The Balaban J connectivity index is 1.87. The van der Waals surface area contributed by atoms with E-state index >= 15 is 0 Å². The predicted octanol–water partition coefficient (Wildman–Crippen LogP) is 2.09. The fraction of sp³-hybridized carbons (Fsp3) is 0.467. The first-order chi connectivity index (χ1) is 9.99. The molecule has 6 heteroatoms. The van der Waals surface area contributed by atoms with Gasteiger partial charge in [0.2, 0.25) is 5.91 Å². The molecule has 0 heterocycles. The molecular weight excluding hydrogens is 275 g/mol. The predicted molar refractivity (Wildman–Crippen MR) is 76.5 cm³/mol. The van der Waals surface area contributed by atoms with Crippen LogP contribution in [0.5, 0.6) is 0 Å². The standard InChI is InChI=1S/C15H19FN2O3/c1-10(15(20)21)18(11-6-7-11)9-8-14(19)17-13-5-3-2-4-12(13)16/h2-5,10-11H,6-9H2,1H3,(H,17,19)(H,20,21). The quantitative estimate of drug-likeness (QED) is 0.808. The lowest BCUT2D eigenvalue weighted by Crippen LogP contribution is -2.42. The van der Waals surface area contributed by atoms with Crippen molar-refractivity contribution in [2.75, 3.05) is 11.9 Å². The molecule has 0 bridgehead atoms. The number of nitrogens with zero attached hydrogens (tertiary/aromatic N) is 1. The van der Waals surface area contributed by atoms with E-state index in [9.17, 15) is 14.0 Å². The van der Waals surface area contributed by atoms with E-state index in [0.29, 0.717) is 6.54 Å². The van der Waals surface area contributed by atoms with Crippen molar-refractivity contribution in [3.63, 3.8) is 0 Å². The van der Waals surface area contributed by atoms with Crippen molar-refractivity contribution in [3.8, 4) is 0 Å². The van der Waals surface area contributed by atoms with E-state index in [4.69, 9.17) is 5.11 Å². The summed E-state index contributed by atoms with van der Waals surface area (Å²) < 4.78 is 13.4. The zero-order valence-corrected chi connectivity index (χ0v) is 11.9. The first kappa shape index (κ1) is 15.4. The Labute approximate surface area is 122 Å². The van der Waals surface area contributed by atoms with Gasteiger partial charge in [-0.2, -0.15) is 0 Å². The van der Waals surface area contributed by atoms with Crippen LogP contribution in [0.2, 0.25) is 0 Å². The lowest BCUT2D eigenvalue weighted by atomic mass is 10.2. The minimum absolute atomic E-state index is 0.141. The second-order valence-electron chi connectivity index (χ2n) is 5.26. The number of anilines is 1. The van der Waals surface area contributed by atoms with E-state index in [2.05, 4.69) is 5.32 Å². The summed E-state index contributed by atoms with van der Waals surface area (Å²) in [5, 5.41) is 11.6. The number of carbonyl (C=O) groups is 2. The normalized spacial score (nSPS) is 15.8. The van der Waals surface area contributed by atoms with Crippen LogP contribution in [-0.4, -0.2) is 40.5 Å². The number of hydrogen-bond acceptors (Lipinski definition) is 3. The van der Waals surface area contributed by atoms with Crippen molar-refractivity contribution in [2.24, 2.45) is 0 Å². The van der Waals surface area contributed by atoms with E-state index in [1.807, 2.05) is 4.90 Å². The topological polar surface area (TPSA) is 69.6 Å². The summed E-state index contributed by atoms with van der Waals surface area (Å²) in [4.78, 5) is 24.7. The summed E-state index contributed by atoms with van der Waals surface area (Å²) in [5.74, 6) is -1.69. The van der Waals surface area contributed by atoms with Crippen LogP contribution in [0.15, 0.2) is 24.3 Å². The smallest absolute Gasteiger partial charge is 0.320 e. The molecule has 0 aromatic heterocycles. The van der Waals surface area contributed by atoms with Gasteiger partial charge in [0.25, 0.3) is 0 Å². The molecule has 2 rings (SSSR count). The zero-order chi connectivity index (χ0) is 15.4. The van der Waals surface area contributed by atoms with Gasteiger partial charge < -0.3 is 10.4 Å². The van der Waals surface area contributed by atoms with Gasteiger partial charge in [0.15, 0.2) is 0 Å². The number of para-hydroxylation sites is 1. The number of amides is 1. The Bertz CT molecular complexity index is 531. The third-order valence-corrected chi connectivity index (χ3v) is 3.62. The summed E-state index contributed by atoms with van der Waals surface area (Å²) in [6.07, 6.45) is 2.07. The molecule has 1 unspecified atom stereocenters. The molecule has 1 aromatic rings. The van der Waals surface area contributed by atoms with Crippen molar-refractivity contribution in [3.05, 3.63) is 30.1 Å². The molecule has 0 saturated heterocycles. The maximum Gasteiger partial charge on any atom is 0.320 e. The number of carboxylic acid groups (broad SMARTS) is 1. The van der Waals surface area contributed by atoms with Crippen molar-refractivity contribution in [1.29, 1.82) is 0 Å². The lowest BCUT2D eigenvalue weighted by molar-refractivity contribution is -0.143. The number of hydrogen-bond donors (Lipinski definition) is 2. The summed E-state index contributed by atoms with van der Waals surface area (Å²) in [5.41, 5.74) is 0.145. The second kappa shape index (κ2) is 6.67. The average molecular weight is 294 g/mol. The number of benzene rings is 1. The van der Waals surface area contributed by atoms with E-state index < -0.39 is 17.8 Å². The Morgan fingerprint density at radius 1 is 1.43 bits per heavy atom.